The Bertz CT molecular complexity index is 259. The van der Waals surface area contributed by atoms with Gasteiger partial charge in [0.05, 0.1) is 13.2 Å². The van der Waals surface area contributed by atoms with E-state index in [1.807, 2.05) is 12.2 Å². The van der Waals surface area contributed by atoms with Gasteiger partial charge in [0, 0.05) is 5.82 Å². The first-order valence-corrected chi connectivity index (χ1v) is 7.38. The lowest BCUT2D eigenvalue weighted by Gasteiger charge is -2.11. The molecular weight excluding hydrogens is 223 g/mol. The molecule has 0 aliphatic heterocycles. The molecule has 0 radical (unpaired) electrons. The van der Waals surface area contributed by atoms with E-state index >= 15 is 0 Å². The highest BCUT2D eigenvalue weighted by Gasteiger charge is 2.17. The molecule has 0 atom stereocenters. The summed E-state index contributed by atoms with van der Waals surface area (Å²) in [4.78, 5) is 0. The zero-order chi connectivity index (χ0) is 12.4. The van der Waals surface area contributed by atoms with Crippen LogP contribution in [0.1, 0.15) is 34.1 Å². The molecular formula is C12H23O3P. The van der Waals surface area contributed by atoms with Crippen LogP contribution < -0.4 is 0 Å². The van der Waals surface area contributed by atoms with Gasteiger partial charge in [0.15, 0.2) is 0 Å². The topological polar surface area (TPSA) is 35.5 Å². The zero-order valence-electron chi connectivity index (χ0n) is 10.7. The minimum absolute atomic E-state index is 0.386. The Balaban J connectivity index is 4.23. The van der Waals surface area contributed by atoms with Crippen LogP contribution in [0.15, 0.2) is 24.0 Å². The second kappa shape index (κ2) is 8.74. The van der Waals surface area contributed by atoms with Crippen LogP contribution in [-0.2, 0) is 13.6 Å². The summed E-state index contributed by atoms with van der Waals surface area (Å²) in [6, 6.07) is 0. The summed E-state index contributed by atoms with van der Waals surface area (Å²) in [6.07, 6.45) is 6.67. The molecule has 0 amide bonds. The molecule has 0 aliphatic rings. The predicted octanol–water partition coefficient (Wildman–Crippen LogP) is 4.37. The Morgan fingerprint density at radius 2 is 1.69 bits per heavy atom. The van der Waals surface area contributed by atoms with E-state index < -0.39 is 7.60 Å². The first kappa shape index (κ1) is 15.6. The second-order valence-corrected chi connectivity index (χ2v) is 5.67. The van der Waals surface area contributed by atoms with Crippen LogP contribution in [0, 0.1) is 5.92 Å². The maximum atomic E-state index is 11.9. The van der Waals surface area contributed by atoms with Gasteiger partial charge >= 0.3 is 7.60 Å². The van der Waals surface area contributed by atoms with Gasteiger partial charge in [0.2, 0.25) is 0 Å². The van der Waals surface area contributed by atoms with Gasteiger partial charge in [-0.25, -0.2) is 0 Å². The highest BCUT2D eigenvalue weighted by Crippen LogP contribution is 2.49. The molecule has 16 heavy (non-hydrogen) atoms. The summed E-state index contributed by atoms with van der Waals surface area (Å²) < 4.78 is 22.2. The van der Waals surface area contributed by atoms with Crippen molar-refractivity contribution < 1.29 is 13.6 Å². The fourth-order valence-electron chi connectivity index (χ4n) is 1.07. The van der Waals surface area contributed by atoms with Crippen molar-refractivity contribution >= 4 is 7.60 Å². The molecule has 0 aromatic rings. The van der Waals surface area contributed by atoms with Crippen LogP contribution >= 0.6 is 7.60 Å². The van der Waals surface area contributed by atoms with Gasteiger partial charge in [-0.1, -0.05) is 32.1 Å². The van der Waals surface area contributed by atoms with Crippen molar-refractivity contribution in [2.75, 3.05) is 13.2 Å². The van der Waals surface area contributed by atoms with Gasteiger partial charge in [-0.05, 0) is 26.2 Å². The van der Waals surface area contributed by atoms with Crippen LogP contribution in [0.25, 0.3) is 0 Å². The third-order valence-electron chi connectivity index (χ3n) is 1.74. The average molecular weight is 246 g/mol. The van der Waals surface area contributed by atoms with Gasteiger partial charge in [0.1, 0.15) is 0 Å². The number of rotatable bonds is 8. The molecule has 0 fully saturated rings. The van der Waals surface area contributed by atoms with Crippen LogP contribution in [0.2, 0.25) is 0 Å². The summed E-state index contributed by atoms with van der Waals surface area (Å²) in [6.45, 7) is 8.68. The predicted molar refractivity (Wildman–Crippen MR) is 68.6 cm³/mol. The number of hydrogen-bond donors (Lipinski definition) is 0. The van der Waals surface area contributed by atoms with Gasteiger partial charge < -0.3 is 9.05 Å². The Hall–Kier alpha value is -0.370. The fourth-order valence-corrected chi connectivity index (χ4v) is 2.34. The highest BCUT2D eigenvalue weighted by atomic mass is 31.2. The molecule has 0 rings (SSSR count). The first-order valence-electron chi connectivity index (χ1n) is 5.77. The molecule has 0 aromatic heterocycles. The monoisotopic (exact) mass is 246 g/mol. The van der Waals surface area contributed by atoms with Crippen molar-refractivity contribution in [3.05, 3.63) is 24.0 Å². The van der Waals surface area contributed by atoms with Crippen LogP contribution in [0.3, 0.4) is 0 Å². The van der Waals surface area contributed by atoms with Crippen molar-refractivity contribution in [1.29, 1.82) is 0 Å². The van der Waals surface area contributed by atoms with Crippen molar-refractivity contribution in [3.63, 3.8) is 0 Å². The smallest absolute Gasteiger partial charge is 0.306 e. The lowest BCUT2D eigenvalue weighted by Crippen LogP contribution is -1.92. The summed E-state index contributed by atoms with van der Waals surface area (Å²) >= 11 is 0. The molecule has 0 saturated carbocycles. The third-order valence-corrected chi connectivity index (χ3v) is 3.51. The second-order valence-electron chi connectivity index (χ2n) is 3.77. The van der Waals surface area contributed by atoms with Crippen LogP contribution in [0.4, 0.5) is 0 Å². The quantitative estimate of drug-likeness (QED) is 0.471. The average Bonchev–Trinajstić information content (AvgIpc) is 2.17. The Morgan fingerprint density at radius 1 is 1.12 bits per heavy atom. The first-order chi connectivity index (χ1) is 7.54. The van der Waals surface area contributed by atoms with E-state index in [0.29, 0.717) is 19.1 Å². The zero-order valence-corrected chi connectivity index (χ0v) is 11.6. The van der Waals surface area contributed by atoms with E-state index in [-0.39, 0.29) is 0 Å². The Kier molecular flexibility index (Phi) is 8.54. The lowest BCUT2D eigenvalue weighted by molar-refractivity contribution is 0.229. The lowest BCUT2D eigenvalue weighted by atomic mass is 10.1. The van der Waals surface area contributed by atoms with E-state index in [1.165, 1.54) is 5.82 Å². The normalized spacial score (nSPS) is 13.3. The van der Waals surface area contributed by atoms with E-state index in [9.17, 15) is 4.57 Å². The van der Waals surface area contributed by atoms with E-state index in [0.717, 1.165) is 6.42 Å². The van der Waals surface area contributed by atoms with Crippen molar-refractivity contribution in [3.8, 4) is 0 Å². The molecule has 0 heterocycles. The molecule has 0 aliphatic carbocycles. The summed E-state index contributed by atoms with van der Waals surface area (Å²) in [7, 11) is -3.02. The fraction of sp³-hybridized carbons (Fsp3) is 0.667. The Morgan fingerprint density at radius 3 is 2.12 bits per heavy atom. The highest BCUT2D eigenvalue weighted by molar-refractivity contribution is 7.57. The number of allylic oxidation sites excluding steroid dienone is 3. The molecule has 94 valence electrons. The van der Waals surface area contributed by atoms with Gasteiger partial charge in [0.25, 0.3) is 0 Å². The third kappa shape index (κ3) is 7.86. The SMILES string of the molecule is CCOP(=O)(/C=C\C=C\CC(C)C)OCC. The molecule has 0 spiro atoms. The van der Waals surface area contributed by atoms with E-state index in [1.54, 1.807) is 19.9 Å². The van der Waals surface area contributed by atoms with Crippen molar-refractivity contribution in [2.45, 2.75) is 34.1 Å². The summed E-state index contributed by atoms with van der Waals surface area (Å²) in [5, 5.41) is 0. The van der Waals surface area contributed by atoms with E-state index in [4.69, 9.17) is 9.05 Å². The van der Waals surface area contributed by atoms with Crippen LogP contribution in [-0.4, -0.2) is 13.2 Å². The molecule has 0 bridgehead atoms. The molecule has 0 unspecified atom stereocenters. The van der Waals surface area contributed by atoms with Crippen molar-refractivity contribution in [2.24, 2.45) is 5.92 Å². The maximum absolute atomic E-state index is 11.9. The minimum atomic E-state index is -3.02. The Labute approximate surface area is 99.1 Å². The van der Waals surface area contributed by atoms with Gasteiger partial charge in [-0.2, -0.15) is 0 Å². The molecule has 0 saturated heterocycles. The molecule has 0 N–H and O–H groups in total. The largest absolute Gasteiger partial charge is 0.354 e. The molecule has 3 nitrogen and oxygen atoms in total. The minimum Gasteiger partial charge on any atom is -0.306 e. The maximum Gasteiger partial charge on any atom is 0.354 e. The van der Waals surface area contributed by atoms with E-state index in [2.05, 4.69) is 13.8 Å². The summed E-state index contributed by atoms with van der Waals surface area (Å²) in [5.74, 6) is 2.15. The van der Waals surface area contributed by atoms with Crippen molar-refractivity contribution in [1.82, 2.24) is 0 Å². The molecule has 4 heteroatoms. The van der Waals surface area contributed by atoms with Crippen LogP contribution in [0.5, 0.6) is 0 Å². The molecule has 0 aromatic carbocycles. The van der Waals surface area contributed by atoms with Gasteiger partial charge in [-0.3, -0.25) is 4.57 Å². The van der Waals surface area contributed by atoms with Gasteiger partial charge in [-0.15, -0.1) is 0 Å². The number of hydrogen-bond acceptors (Lipinski definition) is 3. The summed E-state index contributed by atoms with van der Waals surface area (Å²) in [5.41, 5.74) is 0. The standard InChI is InChI=1S/C12H23O3P/c1-5-14-16(13,15-6-2)11-9-7-8-10-12(3)4/h7-9,11-12H,5-6,10H2,1-4H3/b8-7+,11-9-.